The average Bonchev–Trinajstić information content (AvgIpc) is 2.51. The van der Waals surface area contributed by atoms with Crippen LogP contribution in [0.3, 0.4) is 0 Å². The van der Waals surface area contributed by atoms with Crippen LogP contribution in [0.25, 0.3) is 16.5 Å². The molecule has 0 aliphatic heterocycles. The molecule has 0 heterocycles. The second-order valence-corrected chi connectivity index (χ2v) is 3.95. The summed E-state index contributed by atoms with van der Waals surface area (Å²) in [6.45, 7) is 1.62. The molecule has 0 aromatic heterocycles. The zero-order chi connectivity index (χ0) is 16.5. The van der Waals surface area contributed by atoms with Crippen molar-refractivity contribution in [2.24, 2.45) is 5.11 Å². The van der Waals surface area contributed by atoms with Crippen molar-refractivity contribution in [1.82, 2.24) is 0 Å². The van der Waals surface area contributed by atoms with Crippen LogP contribution in [-0.4, -0.2) is 18.0 Å². The minimum absolute atomic E-state index is 0.113. The number of non-ortho nitro benzene ring substituents is 1. The Morgan fingerprint density at radius 1 is 1.59 bits per heavy atom. The first-order valence-electron chi connectivity index (χ1n) is 6.05. The molecule has 22 heavy (non-hydrogen) atoms. The van der Waals surface area contributed by atoms with E-state index in [9.17, 15) is 14.9 Å². The van der Waals surface area contributed by atoms with Crippen LogP contribution >= 0.6 is 0 Å². The van der Waals surface area contributed by atoms with E-state index in [-0.39, 0.29) is 28.9 Å². The SMILES string of the molecule is CC#CC/C(=C\c1cc([N+](=O)[O-])ccc1N=[N+]=[N-])C(=O)OC. The highest BCUT2D eigenvalue weighted by Gasteiger charge is 2.13. The van der Waals surface area contributed by atoms with Gasteiger partial charge in [0.1, 0.15) is 0 Å². The molecule has 112 valence electrons. The van der Waals surface area contributed by atoms with Gasteiger partial charge in [-0.1, -0.05) is 11.0 Å². The van der Waals surface area contributed by atoms with Crippen LogP contribution in [0.5, 0.6) is 0 Å². The first kappa shape index (κ1) is 16.8. The number of esters is 1. The molecule has 1 rings (SSSR count). The molecule has 0 aliphatic carbocycles. The number of benzene rings is 1. The lowest BCUT2D eigenvalue weighted by Crippen LogP contribution is -2.04. The summed E-state index contributed by atoms with van der Waals surface area (Å²) in [4.78, 5) is 24.6. The smallest absolute Gasteiger partial charge is 0.334 e. The first-order chi connectivity index (χ1) is 10.5. The number of hydrogen-bond acceptors (Lipinski definition) is 5. The van der Waals surface area contributed by atoms with Gasteiger partial charge in [-0.2, -0.15) is 0 Å². The number of nitrogens with zero attached hydrogens (tertiary/aromatic N) is 4. The Kier molecular flexibility index (Phi) is 6.16. The van der Waals surface area contributed by atoms with Gasteiger partial charge in [0.15, 0.2) is 0 Å². The van der Waals surface area contributed by atoms with E-state index in [0.717, 1.165) is 0 Å². The fourth-order valence-corrected chi connectivity index (χ4v) is 1.59. The summed E-state index contributed by atoms with van der Waals surface area (Å²) in [5.41, 5.74) is 8.96. The standard InChI is InChI=1S/C14H12N4O4/c1-3-4-5-10(14(19)22-2)8-11-9-12(18(20)21)6-7-13(11)16-17-15/h6-9H,5H2,1-2H3/b10-8+. The van der Waals surface area contributed by atoms with Gasteiger partial charge < -0.3 is 4.74 Å². The number of ether oxygens (including phenoxy) is 1. The molecule has 1 aromatic carbocycles. The molecule has 0 amide bonds. The Balaban J connectivity index is 3.45. The lowest BCUT2D eigenvalue weighted by atomic mass is 10.1. The maximum atomic E-state index is 11.7. The zero-order valence-electron chi connectivity index (χ0n) is 11.9. The molecule has 0 radical (unpaired) electrons. The maximum Gasteiger partial charge on any atom is 0.334 e. The van der Waals surface area contributed by atoms with Crippen LogP contribution in [0.15, 0.2) is 28.9 Å². The van der Waals surface area contributed by atoms with Crippen molar-refractivity contribution in [2.45, 2.75) is 13.3 Å². The number of azide groups is 1. The van der Waals surface area contributed by atoms with E-state index in [2.05, 4.69) is 26.6 Å². The van der Waals surface area contributed by atoms with E-state index in [1.807, 2.05) is 0 Å². The van der Waals surface area contributed by atoms with Gasteiger partial charge in [0.2, 0.25) is 0 Å². The third-order valence-electron chi connectivity index (χ3n) is 2.61. The first-order valence-corrected chi connectivity index (χ1v) is 6.05. The minimum atomic E-state index is -0.610. The Bertz CT molecular complexity index is 737. The molecule has 0 saturated carbocycles. The predicted octanol–water partition coefficient (Wildman–Crippen LogP) is 3.51. The Morgan fingerprint density at radius 3 is 2.86 bits per heavy atom. The topological polar surface area (TPSA) is 118 Å². The number of nitro benzene ring substituents is 1. The summed E-state index contributed by atoms with van der Waals surface area (Å²) in [5.74, 6) is 4.75. The van der Waals surface area contributed by atoms with E-state index in [1.54, 1.807) is 6.92 Å². The van der Waals surface area contributed by atoms with Crippen molar-refractivity contribution in [3.63, 3.8) is 0 Å². The fraction of sp³-hybridized carbons (Fsp3) is 0.214. The molecule has 0 aliphatic rings. The normalized spacial score (nSPS) is 10.0. The fourth-order valence-electron chi connectivity index (χ4n) is 1.59. The molecule has 0 saturated heterocycles. The van der Waals surface area contributed by atoms with Crippen molar-refractivity contribution in [3.8, 4) is 11.8 Å². The predicted molar refractivity (Wildman–Crippen MR) is 80.0 cm³/mol. The van der Waals surface area contributed by atoms with Crippen molar-refractivity contribution < 1.29 is 14.5 Å². The van der Waals surface area contributed by atoms with E-state index in [4.69, 9.17) is 5.53 Å². The molecular formula is C14H12N4O4. The summed E-state index contributed by atoms with van der Waals surface area (Å²) < 4.78 is 4.65. The molecule has 0 fully saturated rings. The van der Waals surface area contributed by atoms with Crippen LogP contribution < -0.4 is 0 Å². The summed E-state index contributed by atoms with van der Waals surface area (Å²) in [5, 5.41) is 14.3. The molecule has 0 atom stereocenters. The number of methoxy groups -OCH3 is 1. The number of carbonyl (C=O) groups is 1. The number of rotatable bonds is 5. The van der Waals surface area contributed by atoms with Gasteiger partial charge in [0, 0.05) is 34.7 Å². The van der Waals surface area contributed by atoms with E-state index in [0.29, 0.717) is 0 Å². The van der Waals surface area contributed by atoms with Crippen molar-refractivity contribution in [2.75, 3.05) is 7.11 Å². The third kappa shape index (κ3) is 4.37. The van der Waals surface area contributed by atoms with Gasteiger partial charge in [-0.15, -0.1) is 5.92 Å². The summed E-state index contributed by atoms with van der Waals surface area (Å²) in [7, 11) is 1.22. The Morgan fingerprint density at radius 2 is 2.32 bits per heavy atom. The van der Waals surface area contributed by atoms with Crippen LogP contribution in [0.1, 0.15) is 18.9 Å². The number of nitro groups is 1. The molecule has 8 heteroatoms. The van der Waals surface area contributed by atoms with Crippen LogP contribution in [0.4, 0.5) is 11.4 Å². The van der Waals surface area contributed by atoms with Crippen LogP contribution in [-0.2, 0) is 9.53 Å². The number of hydrogen-bond donors (Lipinski definition) is 0. The highest BCUT2D eigenvalue weighted by atomic mass is 16.6. The zero-order valence-corrected chi connectivity index (χ0v) is 11.9. The highest BCUT2D eigenvalue weighted by Crippen LogP contribution is 2.27. The quantitative estimate of drug-likeness (QED) is 0.121. The molecule has 0 spiro atoms. The monoisotopic (exact) mass is 300 g/mol. The average molecular weight is 300 g/mol. The Labute approximate surface area is 126 Å². The molecule has 0 bridgehead atoms. The van der Waals surface area contributed by atoms with Crippen molar-refractivity contribution in [1.29, 1.82) is 0 Å². The van der Waals surface area contributed by atoms with E-state index in [1.165, 1.54) is 31.4 Å². The van der Waals surface area contributed by atoms with Gasteiger partial charge in [-0.25, -0.2) is 4.79 Å². The van der Waals surface area contributed by atoms with Gasteiger partial charge >= 0.3 is 5.97 Å². The van der Waals surface area contributed by atoms with Gasteiger partial charge in [0.05, 0.1) is 12.0 Å². The van der Waals surface area contributed by atoms with Gasteiger partial charge in [0.25, 0.3) is 5.69 Å². The molecule has 0 unspecified atom stereocenters. The summed E-state index contributed by atoms with van der Waals surface area (Å²) in [6.07, 6.45) is 1.48. The minimum Gasteiger partial charge on any atom is -0.466 e. The maximum absolute atomic E-state index is 11.7. The highest BCUT2D eigenvalue weighted by molar-refractivity contribution is 5.95. The van der Waals surface area contributed by atoms with Gasteiger partial charge in [-0.05, 0) is 30.2 Å². The molecule has 1 aromatic rings. The van der Waals surface area contributed by atoms with Crippen molar-refractivity contribution in [3.05, 3.63) is 49.9 Å². The summed E-state index contributed by atoms with van der Waals surface area (Å²) >= 11 is 0. The summed E-state index contributed by atoms with van der Waals surface area (Å²) in [6, 6.07) is 3.74. The van der Waals surface area contributed by atoms with E-state index < -0.39 is 10.9 Å². The second kappa shape index (κ2) is 8.09. The van der Waals surface area contributed by atoms with Crippen LogP contribution in [0.2, 0.25) is 0 Å². The Hall–Kier alpha value is -3.30. The molecular weight excluding hydrogens is 288 g/mol. The third-order valence-corrected chi connectivity index (χ3v) is 2.61. The van der Waals surface area contributed by atoms with Gasteiger partial charge in [-0.3, -0.25) is 10.1 Å². The second-order valence-electron chi connectivity index (χ2n) is 3.95. The molecule has 0 N–H and O–H groups in total. The number of carbonyl (C=O) groups excluding carboxylic acids is 1. The van der Waals surface area contributed by atoms with Crippen LogP contribution in [0, 0.1) is 22.0 Å². The van der Waals surface area contributed by atoms with E-state index >= 15 is 0 Å². The lowest BCUT2D eigenvalue weighted by molar-refractivity contribution is -0.384. The molecule has 8 nitrogen and oxygen atoms in total. The van der Waals surface area contributed by atoms with Crippen molar-refractivity contribution >= 4 is 23.4 Å². The lowest BCUT2D eigenvalue weighted by Gasteiger charge is -2.04. The largest absolute Gasteiger partial charge is 0.466 e.